The average Bonchev–Trinajstić information content (AvgIpc) is 2.37. The summed E-state index contributed by atoms with van der Waals surface area (Å²) in [6.07, 6.45) is 0.277. The van der Waals surface area contributed by atoms with Crippen molar-refractivity contribution in [1.29, 1.82) is 0 Å². The summed E-state index contributed by atoms with van der Waals surface area (Å²) in [6, 6.07) is 10.5. The molecule has 0 fully saturated rings. The standard InChI is InChI=1S/C15H13Cl2NO/c1-9-2-4-11(8-14(9)18)15(19)7-10-3-5-12(16)13(17)6-10/h2-6,8H,7,18H2,1H3. The van der Waals surface area contributed by atoms with E-state index >= 15 is 0 Å². The zero-order chi connectivity index (χ0) is 14.0. The van der Waals surface area contributed by atoms with Gasteiger partial charge in [0.25, 0.3) is 0 Å². The van der Waals surface area contributed by atoms with Crippen LogP contribution in [-0.2, 0) is 6.42 Å². The fourth-order valence-corrected chi connectivity index (χ4v) is 2.07. The van der Waals surface area contributed by atoms with Gasteiger partial charge < -0.3 is 5.73 Å². The molecule has 0 spiro atoms. The summed E-state index contributed by atoms with van der Waals surface area (Å²) in [7, 11) is 0. The number of carbonyl (C=O) groups excluding carboxylic acids is 1. The molecule has 2 aromatic rings. The second kappa shape index (κ2) is 5.64. The highest BCUT2D eigenvalue weighted by atomic mass is 35.5. The Balaban J connectivity index is 2.20. The van der Waals surface area contributed by atoms with Crippen molar-refractivity contribution in [1.82, 2.24) is 0 Å². The molecular formula is C15H13Cl2NO. The molecule has 2 nitrogen and oxygen atoms in total. The van der Waals surface area contributed by atoms with Crippen LogP contribution >= 0.6 is 23.2 Å². The molecule has 19 heavy (non-hydrogen) atoms. The molecule has 0 aromatic heterocycles. The number of carbonyl (C=O) groups is 1. The topological polar surface area (TPSA) is 43.1 Å². The summed E-state index contributed by atoms with van der Waals surface area (Å²) in [5.74, 6) is 0.00471. The number of Topliss-reactive ketones (excluding diaryl/α,β-unsaturated/α-hetero) is 1. The molecule has 0 amide bonds. The highest BCUT2D eigenvalue weighted by Gasteiger charge is 2.09. The predicted octanol–water partition coefficient (Wildman–Crippen LogP) is 4.31. The first-order valence-corrected chi connectivity index (χ1v) is 6.56. The third kappa shape index (κ3) is 3.28. The molecule has 0 bridgehead atoms. The smallest absolute Gasteiger partial charge is 0.167 e. The van der Waals surface area contributed by atoms with Crippen LogP contribution in [0.1, 0.15) is 21.5 Å². The van der Waals surface area contributed by atoms with Crippen LogP contribution in [0.25, 0.3) is 0 Å². The molecule has 0 aliphatic carbocycles. The van der Waals surface area contributed by atoms with Crippen molar-refractivity contribution in [3.8, 4) is 0 Å². The molecule has 4 heteroatoms. The van der Waals surface area contributed by atoms with Crippen LogP contribution in [-0.4, -0.2) is 5.78 Å². The van der Waals surface area contributed by atoms with E-state index in [-0.39, 0.29) is 12.2 Å². The van der Waals surface area contributed by atoms with E-state index in [9.17, 15) is 4.79 Å². The van der Waals surface area contributed by atoms with E-state index in [1.54, 1.807) is 30.3 Å². The maximum absolute atomic E-state index is 12.1. The van der Waals surface area contributed by atoms with Gasteiger partial charge in [-0.2, -0.15) is 0 Å². The summed E-state index contributed by atoms with van der Waals surface area (Å²) in [6.45, 7) is 1.91. The molecule has 0 atom stereocenters. The van der Waals surface area contributed by atoms with E-state index in [1.807, 2.05) is 13.0 Å². The number of nitrogen functional groups attached to an aromatic ring is 1. The first-order valence-electron chi connectivity index (χ1n) is 5.80. The summed E-state index contributed by atoms with van der Waals surface area (Å²) >= 11 is 11.8. The molecule has 0 aliphatic rings. The molecule has 2 rings (SSSR count). The minimum atomic E-state index is 0.00471. The molecule has 0 radical (unpaired) electrons. The zero-order valence-electron chi connectivity index (χ0n) is 10.4. The van der Waals surface area contributed by atoms with E-state index in [1.165, 1.54) is 0 Å². The molecule has 2 aromatic carbocycles. The van der Waals surface area contributed by atoms with Crippen LogP contribution in [0.5, 0.6) is 0 Å². The van der Waals surface area contributed by atoms with E-state index in [2.05, 4.69) is 0 Å². The van der Waals surface area contributed by atoms with Crippen molar-refractivity contribution in [2.45, 2.75) is 13.3 Å². The van der Waals surface area contributed by atoms with Crippen molar-refractivity contribution in [2.75, 3.05) is 5.73 Å². The largest absolute Gasteiger partial charge is 0.398 e. The number of halogens is 2. The van der Waals surface area contributed by atoms with Gasteiger partial charge in [-0.25, -0.2) is 0 Å². The molecule has 0 saturated carbocycles. The minimum absolute atomic E-state index is 0.00471. The second-order valence-corrected chi connectivity index (χ2v) is 5.23. The van der Waals surface area contributed by atoms with E-state index in [4.69, 9.17) is 28.9 Å². The molecule has 0 unspecified atom stereocenters. The van der Waals surface area contributed by atoms with Gasteiger partial charge in [0.1, 0.15) is 0 Å². The lowest BCUT2D eigenvalue weighted by molar-refractivity contribution is 0.0993. The third-order valence-electron chi connectivity index (χ3n) is 2.95. The number of ketones is 1. The predicted molar refractivity (Wildman–Crippen MR) is 80.1 cm³/mol. The Kier molecular flexibility index (Phi) is 4.13. The first kappa shape index (κ1) is 13.9. The number of nitrogens with two attached hydrogens (primary N) is 1. The monoisotopic (exact) mass is 293 g/mol. The summed E-state index contributed by atoms with van der Waals surface area (Å²) in [5.41, 5.74) is 8.83. The van der Waals surface area contributed by atoms with Crippen LogP contribution in [0.3, 0.4) is 0 Å². The van der Waals surface area contributed by atoms with Gasteiger partial charge in [0.15, 0.2) is 5.78 Å². The molecule has 2 N–H and O–H groups in total. The Hall–Kier alpha value is -1.51. The van der Waals surface area contributed by atoms with Crippen molar-refractivity contribution >= 4 is 34.7 Å². The Morgan fingerprint density at radius 1 is 1.11 bits per heavy atom. The Morgan fingerprint density at radius 2 is 1.84 bits per heavy atom. The highest BCUT2D eigenvalue weighted by molar-refractivity contribution is 6.42. The fraction of sp³-hybridized carbons (Fsp3) is 0.133. The van der Waals surface area contributed by atoms with Crippen LogP contribution in [0.2, 0.25) is 10.0 Å². The van der Waals surface area contributed by atoms with Crippen LogP contribution in [0.15, 0.2) is 36.4 Å². The average molecular weight is 294 g/mol. The van der Waals surface area contributed by atoms with Gasteiger partial charge in [-0.05, 0) is 36.2 Å². The van der Waals surface area contributed by atoms with Crippen LogP contribution in [0, 0.1) is 6.92 Å². The van der Waals surface area contributed by atoms with Gasteiger partial charge in [0.2, 0.25) is 0 Å². The summed E-state index contributed by atoms with van der Waals surface area (Å²) in [5, 5.41) is 0.938. The van der Waals surface area contributed by atoms with E-state index < -0.39 is 0 Å². The quantitative estimate of drug-likeness (QED) is 0.677. The maximum atomic E-state index is 12.1. The molecular weight excluding hydrogens is 281 g/mol. The Bertz CT molecular complexity index is 638. The number of rotatable bonds is 3. The minimum Gasteiger partial charge on any atom is -0.398 e. The van der Waals surface area contributed by atoms with Gasteiger partial charge in [-0.15, -0.1) is 0 Å². The number of benzene rings is 2. The lowest BCUT2D eigenvalue weighted by atomic mass is 10.0. The normalized spacial score (nSPS) is 10.5. The van der Waals surface area contributed by atoms with Crippen LogP contribution in [0.4, 0.5) is 5.69 Å². The molecule has 0 saturated heterocycles. The molecule has 0 aliphatic heterocycles. The van der Waals surface area contributed by atoms with E-state index in [0.717, 1.165) is 11.1 Å². The Labute approximate surface area is 122 Å². The zero-order valence-corrected chi connectivity index (χ0v) is 11.9. The van der Waals surface area contributed by atoms with Crippen LogP contribution < -0.4 is 5.73 Å². The number of hydrogen-bond acceptors (Lipinski definition) is 2. The van der Waals surface area contributed by atoms with E-state index in [0.29, 0.717) is 21.3 Å². The number of hydrogen-bond donors (Lipinski definition) is 1. The fourth-order valence-electron chi connectivity index (χ4n) is 1.75. The SMILES string of the molecule is Cc1ccc(C(=O)Cc2ccc(Cl)c(Cl)c2)cc1N. The number of anilines is 1. The maximum Gasteiger partial charge on any atom is 0.167 e. The van der Waals surface area contributed by atoms with Crippen molar-refractivity contribution in [3.05, 3.63) is 63.1 Å². The van der Waals surface area contributed by atoms with Crippen molar-refractivity contribution < 1.29 is 4.79 Å². The summed E-state index contributed by atoms with van der Waals surface area (Å²) < 4.78 is 0. The van der Waals surface area contributed by atoms with Gasteiger partial charge in [-0.1, -0.05) is 41.4 Å². The van der Waals surface area contributed by atoms with Gasteiger partial charge in [0.05, 0.1) is 10.0 Å². The number of aryl methyl sites for hydroxylation is 1. The Morgan fingerprint density at radius 3 is 2.47 bits per heavy atom. The van der Waals surface area contributed by atoms with Crippen molar-refractivity contribution in [2.24, 2.45) is 0 Å². The van der Waals surface area contributed by atoms with Gasteiger partial charge in [-0.3, -0.25) is 4.79 Å². The lowest BCUT2D eigenvalue weighted by Gasteiger charge is -2.05. The molecule has 98 valence electrons. The first-order chi connectivity index (χ1) is 8.97. The summed E-state index contributed by atoms with van der Waals surface area (Å²) in [4.78, 5) is 12.1. The second-order valence-electron chi connectivity index (χ2n) is 4.42. The van der Waals surface area contributed by atoms with Gasteiger partial charge in [0, 0.05) is 17.7 Å². The van der Waals surface area contributed by atoms with Gasteiger partial charge >= 0.3 is 0 Å². The lowest BCUT2D eigenvalue weighted by Crippen LogP contribution is -2.05. The van der Waals surface area contributed by atoms with Crippen molar-refractivity contribution in [3.63, 3.8) is 0 Å². The molecule has 0 heterocycles. The third-order valence-corrected chi connectivity index (χ3v) is 3.69. The highest BCUT2D eigenvalue weighted by Crippen LogP contribution is 2.23.